The van der Waals surface area contributed by atoms with Crippen molar-refractivity contribution in [3.8, 4) is 0 Å². The Morgan fingerprint density at radius 3 is 2.29 bits per heavy atom. The van der Waals surface area contributed by atoms with Crippen LogP contribution in [0.4, 0.5) is 0 Å². The number of rotatable bonds is 7. The normalized spacial score (nSPS) is 20.8. The Balaban J connectivity index is 0.000000501. The Labute approximate surface area is 185 Å². The third-order valence-corrected chi connectivity index (χ3v) is 5.50. The summed E-state index contributed by atoms with van der Waals surface area (Å²) in [6, 6.07) is 11.5. The van der Waals surface area contributed by atoms with Gasteiger partial charge in [-0.15, -0.1) is 0 Å². The van der Waals surface area contributed by atoms with Gasteiger partial charge in [-0.1, -0.05) is 44.2 Å². The highest BCUT2D eigenvalue weighted by Gasteiger charge is 2.23. The van der Waals surface area contributed by atoms with Crippen LogP contribution < -0.4 is 5.32 Å². The molecule has 3 rings (SSSR count). The van der Waals surface area contributed by atoms with Gasteiger partial charge in [-0.05, 0) is 37.4 Å². The molecule has 8 heteroatoms. The van der Waals surface area contributed by atoms with Crippen molar-refractivity contribution >= 4 is 11.9 Å². The van der Waals surface area contributed by atoms with Gasteiger partial charge in [-0.3, -0.25) is 9.80 Å². The van der Waals surface area contributed by atoms with Crippen LogP contribution in [0.15, 0.2) is 30.3 Å². The molecule has 1 unspecified atom stereocenters. The molecule has 1 aromatic rings. The Morgan fingerprint density at radius 2 is 1.71 bits per heavy atom. The van der Waals surface area contributed by atoms with Crippen LogP contribution in [-0.2, 0) is 20.9 Å². The molecule has 0 saturated carbocycles. The topological polar surface area (TPSA) is 102 Å². The van der Waals surface area contributed by atoms with E-state index in [1.165, 1.54) is 38.0 Å². The van der Waals surface area contributed by atoms with Gasteiger partial charge in [0.15, 0.2) is 0 Å². The van der Waals surface area contributed by atoms with Gasteiger partial charge >= 0.3 is 11.9 Å². The highest BCUT2D eigenvalue weighted by Crippen LogP contribution is 2.14. The summed E-state index contributed by atoms with van der Waals surface area (Å²) in [7, 11) is 0. The fourth-order valence-electron chi connectivity index (χ4n) is 4.02. The van der Waals surface area contributed by atoms with E-state index in [1.807, 2.05) is 0 Å². The summed E-state index contributed by atoms with van der Waals surface area (Å²) >= 11 is 0. The molecule has 2 aliphatic rings. The first-order valence-electron chi connectivity index (χ1n) is 11.1. The zero-order valence-electron chi connectivity index (χ0n) is 18.7. The predicted molar refractivity (Wildman–Crippen MR) is 119 cm³/mol. The first-order valence-corrected chi connectivity index (χ1v) is 11.1. The second-order valence-corrected chi connectivity index (χ2v) is 8.70. The molecule has 0 aromatic heterocycles. The smallest absolute Gasteiger partial charge is 0.414 e. The maximum Gasteiger partial charge on any atom is 0.414 e. The van der Waals surface area contributed by atoms with Crippen LogP contribution in [0.3, 0.4) is 0 Å². The van der Waals surface area contributed by atoms with Crippen molar-refractivity contribution in [2.45, 2.75) is 45.4 Å². The van der Waals surface area contributed by atoms with E-state index in [0.29, 0.717) is 12.1 Å². The summed E-state index contributed by atoms with van der Waals surface area (Å²) in [5.41, 5.74) is 1.43. The van der Waals surface area contributed by atoms with Crippen LogP contribution >= 0.6 is 0 Å². The first-order chi connectivity index (χ1) is 14.8. The summed E-state index contributed by atoms with van der Waals surface area (Å²) in [6.45, 7) is 13.3. The number of benzene rings is 1. The molecule has 3 N–H and O–H groups in total. The second kappa shape index (κ2) is 13.4. The fraction of sp³-hybridized carbons (Fsp3) is 0.652. The minimum Gasteiger partial charge on any atom is -0.473 e. The van der Waals surface area contributed by atoms with Gasteiger partial charge in [-0.25, -0.2) is 9.59 Å². The predicted octanol–water partition coefficient (Wildman–Crippen LogP) is 1.75. The minimum atomic E-state index is -1.82. The van der Waals surface area contributed by atoms with E-state index < -0.39 is 11.9 Å². The molecule has 0 spiro atoms. The van der Waals surface area contributed by atoms with Crippen molar-refractivity contribution in [2.24, 2.45) is 5.92 Å². The number of hydrogen-bond acceptors (Lipinski definition) is 6. The number of nitrogens with zero attached hydrogens (tertiary/aromatic N) is 2. The molecule has 2 heterocycles. The molecule has 2 saturated heterocycles. The largest absolute Gasteiger partial charge is 0.473 e. The molecule has 2 aliphatic heterocycles. The molecular weight excluding hydrogens is 398 g/mol. The van der Waals surface area contributed by atoms with Crippen LogP contribution in [-0.4, -0.2) is 90.0 Å². The lowest BCUT2D eigenvalue weighted by molar-refractivity contribution is -0.159. The number of likely N-dealkylation sites (tertiary alicyclic amines) is 1. The molecular formula is C23H37N3O5. The quantitative estimate of drug-likeness (QED) is 0.557. The van der Waals surface area contributed by atoms with Gasteiger partial charge in [0, 0.05) is 38.8 Å². The number of carbonyl (C=O) groups is 2. The lowest BCUT2D eigenvalue weighted by Gasteiger charge is -2.36. The number of aliphatic carboxylic acids is 2. The Bertz CT molecular complexity index is 650. The van der Waals surface area contributed by atoms with Gasteiger partial charge in [0.05, 0.1) is 12.7 Å². The van der Waals surface area contributed by atoms with Crippen LogP contribution in [0.2, 0.25) is 0 Å². The third kappa shape index (κ3) is 10.2. The Hall–Kier alpha value is -2.00. The molecule has 8 nitrogen and oxygen atoms in total. The van der Waals surface area contributed by atoms with Crippen LogP contribution in [0, 0.1) is 5.92 Å². The van der Waals surface area contributed by atoms with Crippen molar-refractivity contribution in [2.75, 3.05) is 45.9 Å². The van der Waals surface area contributed by atoms with Crippen molar-refractivity contribution in [1.29, 1.82) is 0 Å². The number of morpholine rings is 1. The number of nitrogens with one attached hydrogen (secondary N) is 1. The van der Waals surface area contributed by atoms with E-state index in [2.05, 4.69) is 59.3 Å². The number of carboxylic acid groups (broad SMARTS) is 2. The van der Waals surface area contributed by atoms with Crippen molar-refractivity contribution < 1.29 is 24.5 Å². The van der Waals surface area contributed by atoms with Crippen molar-refractivity contribution in [1.82, 2.24) is 15.1 Å². The molecule has 0 radical (unpaired) electrons. The second-order valence-electron chi connectivity index (χ2n) is 8.70. The molecule has 31 heavy (non-hydrogen) atoms. The number of ether oxygens (including phenoxy) is 1. The first kappa shape index (κ1) is 25.3. The number of carboxylic acids is 2. The highest BCUT2D eigenvalue weighted by molar-refractivity contribution is 6.27. The van der Waals surface area contributed by atoms with E-state index in [1.54, 1.807) is 0 Å². The van der Waals surface area contributed by atoms with Crippen LogP contribution in [0.1, 0.15) is 32.3 Å². The van der Waals surface area contributed by atoms with Gasteiger partial charge in [0.25, 0.3) is 0 Å². The van der Waals surface area contributed by atoms with Crippen LogP contribution in [0.5, 0.6) is 0 Å². The Morgan fingerprint density at radius 1 is 1.06 bits per heavy atom. The molecule has 0 bridgehead atoms. The number of piperidine rings is 1. The lowest BCUT2D eigenvalue weighted by atomic mass is 10.0. The summed E-state index contributed by atoms with van der Waals surface area (Å²) in [5.74, 6) is -2.91. The molecule has 2 fully saturated rings. The molecule has 1 atom stereocenters. The van der Waals surface area contributed by atoms with E-state index in [0.717, 1.165) is 38.7 Å². The fourth-order valence-corrected chi connectivity index (χ4v) is 4.02. The van der Waals surface area contributed by atoms with E-state index in [9.17, 15) is 0 Å². The SMILES string of the molecule is CC(C)CN1CCOC(CNC2CCN(Cc3ccccc3)CC2)C1.O=C(O)C(=O)O. The maximum absolute atomic E-state index is 9.10. The zero-order chi connectivity index (χ0) is 22.6. The molecule has 174 valence electrons. The number of hydrogen-bond donors (Lipinski definition) is 3. The van der Waals surface area contributed by atoms with Crippen molar-refractivity contribution in [3.63, 3.8) is 0 Å². The van der Waals surface area contributed by atoms with E-state index in [4.69, 9.17) is 24.5 Å². The van der Waals surface area contributed by atoms with Gasteiger partial charge in [0.2, 0.25) is 0 Å². The molecule has 0 amide bonds. The van der Waals surface area contributed by atoms with Gasteiger partial charge < -0.3 is 20.3 Å². The summed E-state index contributed by atoms with van der Waals surface area (Å²) in [5, 5.41) is 18.6. The van der Waals surface area contributed by atoms with Crippen LogP contribution in [0.25, 0.3) is 0 Å². The van der Waals surface area contributed by atoms with Gasteiger partial charge in [0.1, 0.15) is 0 Å². The summed E-state index contributed by atoms with van der Waals surface area (Å²) < 4.78 is 5.97. The maximum atomic E-state index is 9.10. The van der Waals surface area contributed by atoms with E-state index >= 15 is 0 Å². The standard InChI is InChI=1S/C21H35N3O.C2H2O4/c1-18(2)15-24-12-13-25-21(17-24)14-22-20-8-10-23(11-9-20)16-19-6-4-3-5-7-19;3-1(4)2(5)6/h3-7,18,20-22H,8-17H2,1-2H3;(H,3,4)(H,5,6). The average molecular weight is 436 g/mol. The minimum absolute atomic E-state index is 0.356. The third-order valence-electron chi connectivity index (χ3n) is 5.50. The average Bonchev–Trinajstić information content (AvgIpc) is 2.74. The molecule has 1 aromatic carbocycles. The summed E-state index contributed by atoms with van der Waals surface area (Å²) in [4.78, 5) is 23.3. The molecule has 0 aliphatic carbocycles. The highest BCUT2D eigenvalue weighted by atomic mass is 16.5. The monoisotopic (exact) mass is 435 g/mol. The Kier molecular flexibility index (Phi) is 10.9. The summed E-state index contributed by atoms with van der Waals surface area (Å²) in [6.07, 6.45) is 2.85. The lowest BCUT2D eigenvalue weighted by Crippen LogP contribution is -2.50. The van der Waals surface area contributed by atoms with E-state index in [-0.39, 0.29) is 0 Å². The van der Waals surface area contributed by atoms with Crippen molar-refractivity contribution in [3.05, 3.63) is 35.9 Å². The zero-order valence-corrected chi connectivity index (χ0v) is 18.7. The van der Waals surface area contributed by atoms with Gasteiger partial charge in [-0.2, -0.15) is 0 Å².